The fraction of sp³-hybridized carbons (Fsp3) is 0.457. The number of esters is 1. The van der Waals surface area contributed by atoms with E-state index in [-0.39, 0.29) is 48.7 Å². The van der Waals surface area contributed by atoms with Gasteiger partial charge in [-0.25, -0.2) is 0 Å². The quantitative estimate of drug-likeness (QED) is 0.212. The van der Waals surface area contributed by atoms with Crippen LogP contribution in [0.3, 0.4) is 0 Å². The third kappa shape index (κ3) is 5.33. The van der Waals surface area contributed by atoms with E-state index in [9.17, 15) is 14.7 Å². The number of aryl methyl sites for hydroxylation is 2. The minimum absolute atomic E-state index is 0.00659. The number of aliphatic hydroxyl groups is 1. The van der Waals surface area contributed by atoms with Crippen LogP contribution < -0.4 is 4.90 Å². The molecule has 5 rings (SSSR count). The number of hydrogen-bond acceptors (Lipinski definition) is 6. The van der Waals surface area contributed by atoms with Crippen LogP contribution in [0.5, 0.6) is 0 Å². The number of thioether (sulfide) groups is 1. The van der Waals surface area contributed by atoms with Gasteiger partial charge in [-0.05, 0) is 61.8 Å². The molecule has 3 saturated heterocycles. The lowest BCUT2D eigenvalue weighted by Gasteiger charge is -2.42. The molecular weight excluding hydrogens is 560 g/mol. The summed E-state index contributed by atoms with van der Waals surface area (Å²) in [6, 6.07) is 14.2. The van der Waals surface area contributed by atoms with Gasteiger partial charge in [-0.3, -0.25) is 14.4 Å². The largest absolute Gasteiger partial charge is 0.465 e. The molecule has 2 bridgehead atoms. The molecule has 0 aliphatic carbocycles. The first-order chi connectivity index (χ1) is 20.7. The van der Waals surface area contributed by atoms with Gasteiger partial charge in [-0.2, -0.15) is 0 Å². The van der Waals surface area contributed by atoms with Gasteiger partial charge in [0.2, 0.25) is 5.91 Å². The number of carbonyl (C=O) groups is 3. The summed E-state index contributed by atoms with van der Waals surface area (Å²) < 4.78 is 4.82. The molecule has 43 heavy (non-hydrogen) atoms. The fourth-order valence-corrected chi connectivity index (χ4v) is 9.86. The lowest BCUT2D eigenvalue weighted by Crippen LogP contribution is -2.59. The van der Waals surface area contributed by atoms with Crippen LogP contribution in [-0.4, -0.2) is 69.6 Å². The van der Waals surface area contributed by atoms with Crippen LogP contribution >= 0.6 is 11.8 Å². The lowest BCUT2D eigenvalue weighted by molar-refractivity contribution is -0.154. The van der Waals surface area contributed by atoms with Crippen LogP contribution in [0.1, 0.15) is 36.5 Å². The Kier molecular flexibility index (Phi) is 9.18. The number of aliphatic hydroxyl groups excluding tert-OH is 1. The highest BCUT2D eigenvalue weighted by Crippen LogP contribution is 2.69. The molecule has 8 heteroatoms. The van der Waals surface area contributed by atoms with E-state index in [2.05, 4.69) is 20.1 Å². The number of nitrogens with zero attached hydrogens (tertiary/aromatic N) is 2. The zero-order valence-corrected chi connectivity index (χ0v) is 26.1. The van der Waals surface area contributed by atoms with Crippen LogP contribution in [0.25, 0.3) is 0 Å². The zero-order valence-electron chi connectivity index (χ0n) is 25.3. The van der Waals surface area contributed by atoms with Crippen LogP contribution in [0.15, 0.2) is 73.8 Å². The molecule has 7 atom stereocenters. The van der Waals surface area contributed by atoms with Crippen LogP contribution in [-0.2, 0) is 25.5 Å². The van der Waals surface area contributed by atoms with Gasteiger partial charge in [0.1, 0.15) is 6.04 Å². The van der Waals surface area contributed by atoms with E-state index in [4.69, 9.17) is 4.74 Å². The van der Waals surface area contributed by atoms with E-state index >= 15 is 4.79 Å². The summed E-state index contributed by atoms with van der Waals surface area (Å²) in [5, 5.41) is 10.7. The summed E-state index contributed by atoms with van der Waals surface area (Å²) in [7, 11) is 0. The maximum atomic E-state index is 15.0. The van der Waals surface area contributed by atoms with E-state index in [0.717, 1.165) is 22.4 Å². The molecule has 1 spiro atoms. The minimum Gasteiger partial charge on any atom is -0.465 e. The Balaban J connectivity index is 1.63. The third-order valence-electron chi connectivity index (χ3n) is 9.41. The monoisotopic (exact) mass is 602 g/mol. The Morgan fingerprint density at radius 2 is 1.93 bits per heavy atom. The molecule has 0 saturated carbocycles. The molecule has 2 aromatic carbocycles. The summed E-state index contributed by atoms with van der Waals surface area (Å²) in [4.78, 5) is 46.7. The van der Waals surface area contributed by atoms with E-state index in [1.54, 1.807) is 33.7 Å². The molecule has 2 amide bonds. The molecule has 0 aromatic heterocycles. The average Bonchev–Trinajstić information content (AvgIpc) is 3.60. The number of ether oxygens (including phenoxy) is 1. The zero-order chi connectivity index (χ0) is 30.9. The summed E-state index contributed by atoms with van der Waals surface area (Å²) in [6.45, 7) is 13.9. The molecule has 228 valence electrons. The van der Waals surface area contributed by atoms with E-state index in [1.165, 1.54) is 0 Å². The molecule has 3 heterocycles. The normalized spacial score (nSPS) is 28.0. The Hall–Kier alpha value is -3.36. The predicted octanol–water partition coefficient (Wildman–Crippen LogP) is 4.88. The second-order valence-corrected chi connectivity index (χ2v) is 13.6. The van der Waals surface area contributed by atoms with E-state index in [1.807, 2.05) is 62.4 Å². The number of amides is 2. The maximum absolute atomic E-state index is 15.0. The topological polar surface area (TPSA) is 87.1 Å². The van der Waals surface area contributed by atoms with Gasteiger partial charge < -0.3 is 19.6 Å². The molecule has 3 aliphatic heterocycles. The number of likely N-dealkylation sites (tertiary alicyclic amines) is 1. The molecule has 7 nitrogen and oxygen atoms in total. The first-order valence-electron chi connectivity index (χ1n) is 15.1. The smallest absolute Gasteiger partial charge is 0.310 e. The lowest BCUT2D eigenvalue weighted by atomic mass is 9.66. The van der Waals surface area contributed by atoms with Crippen LogP contribution in [0, 0.1) is 31.6 Å². The number of hydrogen-bond donors (Lipinski definition) is 1. The number of rotatable bonds is 12. The Morgan fingerprint density at radius 1 is 1.19 bits per heavy atom. The van der Waals surface area contributed by atoms with Crippen molar-refractivity contribution < 1.29 is 24.2 Å². The van der Waals surface area contributed by atoms with Crippen molar-refractivity contribution in [2.24, 2.45) is 17.8 Å². The summed E-state index contributed by atoms with van der Waals surface area (Å²) in [6.07, 6.45) is 5.02. The predicted molar refractivity (Wildman–Crippen MR) is 171 cm³/mol. The van der Waals surface area contributed by atoms with Gasteiger partial charge in [0.25, 0.3) is 5.91 Å². The van der Waals surface area contributed by atoms with Crippen molar-refractivity contribution in [2.75, 3.05) is 24.7 Å². The van der Waals surface area contributed by atoms with E-state index < -0.39 is 28.7 Å². The first-order valence-corrected chi connectivity index (χ1v) is 16.0. The number of benzene rings is 2. The third-order valence-corrected chi connectivity index (χ3v) is 11.5. The van der Waals surface area contributed by atoms with Gasteiger partial charge in [0.05, 0.1) is 35.8 Å². The van der Waals surface area contributed by atoms with Gasteiger partial charge in [0.15, 0.2) is 0 Å². The van der Waals surface area contributed by atoms with Gasteiger partial charge >= 0.3 is 5.97 Å². The molecule has 2 aromatic rings. The SMILES string of the molecule is C=CCCOC(=O)[C@@H]1[C@H]2C(=O)N([C@@H](CO)Cc3ccccc3)C(C(=O)N(CC=C)c3cc(C)ccc3C)C23S[C@@H]1CC3C. The number of anilines is 1. The second-order valence-electron chi connectivity index (χ2n) is 12.1. The average molecular weight is 603 g/mol. The minimum atomic E-state index is -0.873. The van der Waals surface area contributed by atoms with Crippen molar-refractivity contribution in [2.45, 2.75) is 62.1 Å². The number of carbonyl (C=O) groups excluding carboxylic acids is 3. The summed E-state index contributed by atoms with van der Waals surface area (Å²) in [5.41, 5.74) is 3.68. The Labute approximate surface area is 259 Å². The van der Waals surface area contributed by atoms with Crippen molar-refractivity contribution in [3.63, 3.8) is 0 Å². The highest BCUT2D eigenvalue weighted by Gasteiger charge is 2.77. The van der Waals surface area contributed by atoms with Crippen molar-refractivity contribution >= 4 is 35.2 Å². The molecule has 1 N–H and O–H groups in total. The number of fused-ring (bicyclic) bond motifs is 1. The Morgan fingerprint density at radius 3 is 2.60 bits per heavy atom. The summed E-state index contributed by atoms with van der Waals surface area (Å²) in [5.74, 6) is -2.22. The second kappa shape index (κ2) is 12.7. The highest BCUT2D eigenvalue weighted by atomic mass is 32.2. The summed E-state index contributed by atoms with van der Waals surface area (Å²) >= 11 is 1.61. The molecular formula is C35H42N2O5S. The molecule has 3 aliphatic rings. The molecule has 3 fully saturated rings. The van der Waals surface area contributed by atoms with Gasteiger partial charge in [-0.1, -0.05) is 61.5 Å². The van der Waals surface area contributed by atoms with Crippen LogP contribution in [0.2, 0.25) is 0 Å². The van der Waals surface area contributed by atoms with Gasteiger partial charge in [0, 0.05) is 17.5 Å². The van der Waals surface area contributed by atoms with Crippen LogP contribution in [0.4, 0.5) is 5.69 Å². The fourth-order valence-electron chi connectivity index (χ4n) is 7.47. The van der Waals surface area contributed by atoms with Crippen molar-refractivity contribution in [3.8, 4) is 0 Å². The Bertz CT molecular complexity index is 1400. The van der Waals surface area contributed by atoms with Crippen molar-refractivity contribution in [3.05, 3.63) is 90.5 Å². The molecule has 0 radical (unpaired) electrons. The first kappa shape index (κ1) is 31.1. The van der Waals surface area contributed by atoms with Gasteiger partial charge in [-0.15, -0.1) is 24.9 Å². The molecule has 3 unspecified atom stereocenters. The highest BCUT2D eigenvalue weighted by molar-refractivity contribution is 8.02. The van der Waals surface area contributed by atoms with Crippen molar-refractivity contribution in [1.82, 2.24) is 4.90 Å². The standard InChI is InChI=1S/C35H42N2O5S/c1-6-8-17-42-34(41)29-28-19-24(5)35(43-28)30(29)32(39)37(26(21-38)20-25-12-10-9-11-13-25)31(35)33(40)36(16-7-2)27-18-22(3)14-15-23(27)4/h6-7,9-15,18,24,26,28-31,38H,1-2,8,16-17,19-21H2,3-5H3/t24?,26-,28-,29+,30+,31?,35?/m1/s1. The maximum Gasteiger partial charge on any atom is 0.310 e. The van der Waals surface area contributed by atoms with Crippen molar-refractivity contribution in [1.29, 1.82) is 0 Å². The van der Waals surface area contributed by atoms with E-state index in [0.29, 0.717) is 19.3 Å².